The number of carbonyl (C=O) groups is 1. The lowest BCUT2D eigenvalue weighted by Crippen LogP contribution is -2.33. The minimum absolute atomic E-state index is 0.0172. The van der Waals surface area contributed by atoms with Gasteiger partial charge in [0.2, 0.25) is 0 Å². The number of aryl methyl sites for hydroxylation is 1. The molecule has 2 aromatic rings. The van der Waals surface area contributed by atoms with Crippen LogP contribution in [0.2, 0.25) is 0 Å². The predicted molar refractivity (Wildman–Crippen MR) is 80.7 cm³/mol. The van der Waals surface area contributed by atoms with E-state index in [1.807, 2.05) is 31.2 Å². The quantitative estimate of drug-likeness (QED) is 0.919. The Morgan fingerprint density at radius 1 is 1.38 bits per heavy atom. The molecule has 0 fully saturated rings. The highest BCUT2D eigenvalue weighted by molar-refractivity contribution is 6.06. The fraction of sp³-hybridized carbons (Fsp3) is 0.250. The summed E-state index contributed by atoms with van der Waals surface area (Å²) >= 11 is 0. The Morgan fingerprint density at radius 3 is 2.86 bits per heavy atom. The molecular weight excluding hydrogens is 269 g/mol. The van der Waals surface area contributed by atoms with Crippen molar-refractivity contribution in [3.05, 3.63) is 59.7 Å². The van der Waals surface area contributed by atoms with E-state index in [-0.39, 0.29) is 11.5 Å². The van der Waals surface area contributed by atoms with Crippen LogP contribution in [-0.4, -0.2) is 24.0 Å². The van der Waals surface area contributed by atoms with Crippen LogP contribution in [0.1, 0.15) is 22.3 Å². The van der Waals surface area contributed by atoms with Gasteiger partial charge < -0.3 is 10.6 Å². The van der Waals surface area contributed by atoms with Crippen LogP contribution in [0.25, 0.3) is 0 Å². The number of pyridine rings is 1. The maximum Gasteiger partial charge on any atom is 0.261 e. The molecule has 5 heteroatoms. The molecule has 0 bridgehead atoms. The average Bonchev–Trinajstić information content (AvgIpc) is 2.48. The molecule has 0 aliphatic carbocycles. The van der Waals surface area contributed by atoms with Gasteiger partial charge in [0.05, 0.1) is 11.8 Å². The fourth-order valence-corrected chi connectivity index (χ4v) is 2.09. The summed E-state index contributed by atoms with van der Waals surface area (Å²) in [7, 11) is 0. The summed E-state index contributed by atoms with van der Waals surface area (Å²) in [5.74, 6) is -0.998. The third-order valence-electron chi connectivity index (χ3n) is 3.15. The van der Waals surface area contributed by atoms with E-state index in [9.17, 15) is 9.18 Å². The van der Waals surface area contributed by atoms with E-state index in [0.29, 0.717) is 19.5 Å². The minimum Gasteiger partial charge on any atom is -0.330 e. The molecule has 21 heavy (non-hydrogen) atoms. The zero-order valence-electron chi connectivity index (χ0n) is 11.9. The Kier molecular flexibility index (Phi) is 5.00. The van der Waals surface area contributed by atoms with Gasteiger partial charge in [-0.3, -0.25) is 9.78 Å². The summed E-state index contributed by atoms with van der Waals surface area (Å²) in [5.41, 5.74) is 7.32. The van der Waals surface area contributed by atoms with Gasteiger partial charge in [0.1, 0.15) is 0 Å². The van der Waals surface area contributed by atoms with Gasteiger partial charge in [0, 0.05) is 18.4 Å². The number of carbonyl (C=O) groups excluding carboxylic acids is 1. The average molecular weight is 287 g/mol. The van der Waals surface area contributed by atoms with Crippen LogP contribution < -0.4 is 10.6 Å². The van der Waals surface area contributed by atoms with E-state index in [4.69, 9.17) is 5.73 Å². The van der Waals surface area contributed by atoms with Crippen molar-refractivity contribution in [3.8, 4) is 0 Å². The Labute approximate surface area is 123 Å². The first kappa shape index (κ1) is 15.1. The van der Waals surface area contributed by atoms with Gasteiger partial charge in [-0.15, -0.1) is 0 Å². The number of hydrogen-bond donors (Lipinski definition) is 1. The Hall–Kier alpha value is -2.27. The molecule has 1 amide bonds. The number of rotatable bonds is 5. The highest BCUT2D eigenvalue weighted by atomic mass is 19.1. The lowest BCUT2D eigenvalue weighted by molar-refractivity contribution is 0.0982. The summed E-state index contributed by atoms with van der Waals surface area (Å²) in [4.78, 5) is 17.8. The van der Waals surface area contributed by atoms with Crippen molar-refractivity contribution < 1.29 is 9.18 Å². The Balaban J connectivity index is 2.36. The topological polar surface area (TPSA) is 59.2 Å². The molecule has 110 valence electrons. The van der Waals surface area contributed by atoms with Gasteiger partial charge in [0.15, 0.2) is 5.82 Å². The summed E-state index contributed by atoms with van der Waals surface area (Å²) in [5, 5.41) is 0. The van der Waals surface area contributed by atoms with Crippen molar-refractivity contribution in [1.82, 2.24) is 4.98 Å². The van der Waals surface area contributed by atoms with Crippen molar-refractivity contribution >= 4 is 11.6 Å². The SMILES string of the molecule is Cc1cccc(N(CCCN)C(=O)c2ccncc2F)c1. The van der Waals surface area contributed by atoms with Crippen LogP contribution >= 0.6 is 0 Å². The first-order valence-corrected chi connectivity index (χ1v) is 6.81. The van der Waals surface area contributed by atoms with Gasteiger partial charge in [0.25, 0.3) is 5.91 Å². The second-order valence-corrected chi connectivity index (χ2v) is 4.79. The van der Waals surface area contributed by atoms with E-state index in [0.717, 1.165) is 17.4 Å². The monoisotopic (exact) mass is 287 g/mol. The zero-order valence-corrected chi connectivity index (χ0v) is 11.9. The van der Waals surface area contributed by atoms with Gasteiger partial charge in [-0.1, -0.05) is 12.1 Å². The molecule has 0 saturated carbocycles. The molecule has 0 saturated heterocycles. The van der Waals surface area contributed by atoms with Crippen LogP contribution in [0, 0.1) is 12.7 Å². The number of benzene rings is 1. The number of aromatic nitrogens is 1. The molecule has 1 aromatic carbocycles. The van der Waals surface area contributed by atoms with Crippen LogP contribution in [0.15, 0.2) is 42.7 Å². The largest absolute Gasteiger partial charge is 0.330 e. The Morgan fingerprint density at radius 2 is 2.19 bits per heavy atom. The van der Waals surface area contributed by atoms with E-state index >= 15 is 0 Å². The summed E-state index contributed by atoms with van der Waals surface area (Å²) in [6, 6.07) is 8.94. The smallest absolute Gasteiger partial charge is 0.261 e. The molecule has 2 N–H and O–H groups in total. The maximum absolute atomic E-state index is 13.8. The number of anilines is 1. The molecule has 0 spiro atoms. The second-order valence-electron chi connectivity index (χ2n) is 4.79. The van der Waals surface area contributed by atoms with Crippen molar-refractivity contribution in [2.75, 3.05) is 18.0 Å². The lowest BCUT2D eigenvalue weighted by Gasteiger charge is -2.23. The highest BCUT2D eigenvalue weighted by Crippen LogP contribution is 2.20. The number of nitrogens with two attached hydrogens (primary N) is 1. The van der Waals surface area contributed by atoms with E-state index in [1.54, 1.807) is 4.90 Å². The molecule has 2 rings (SSSR count). The number of amides is 1. The highest BCUT2D eigenvalue weighted by Gasteiger charge is 2.20. The molecule has 0 unspecified atom stereocenters. The molecule has 4 nitrogen and oxygen atoms in total. The molecule has 0 radical (unpaired) electrons. The molecule has 0 aliphatic rings. The zero-order chi connectivity index (χ0) is 15.2. The fourth-order valence-electron chi connectivity index (χ4n) is 2.09. The van der Waals surface area contributed by atoms with Crippen LogP contribution in [0.4, 0.5) is 10.1 Å². The first-order valence-electron chi connectivity index (χ1n) is 6.81. The standard InChI is InChI=1S/C16H18FN3O/c1-12-4-2-5-13(10-12)20(9-3-7-18)16(21)14-6-8-19-11-15(14)17/h2,4-6,8,10-11H,3,7,9,18H2,1H3. The van der Waals surface area contributed by atoms with Crippen LogP contribution in [0.3, 0.4) is 0 Å². The van der Waals surface area contributed by atoms with Crippen LogP contribution in [-0.2, 0) is 0 Å². The van der Waals surface area contributed by atoms with Gasteiger partial charge in [-0.05, 0) is 43.7 Å². The Bertz CT molecular complexity index is 630. The molecule has 1 aromatic heterocycles. The normalized spacial score (nSPS) is 10.4. The van der Waals surface area contributed by atoms with Crippen LogP contribution in [0.5, 0.6) is 0 Å². The lowest BCUT2D eigenvalue weighted by atomic mass is 10.1. The maximum atomic E-state index is 13.8. The second kappa shape index (κ2) is 6.95. The number of nitrogens with zero attached hydrogens (tertiary/aromatic N) is 2. The summed E-state index contributed by atoms with van der Waals surface area (Å²) in [6.45, 7) is 2.86. The van der Waals surface area contributed by atoms with Crippen molar-refractivity contribution in [1.29, 1.82) is 0 Å². The molecular formula is C16H18FN3O. The van der Waals surface area contributed by atoms with Gasteiger partial charge >= 0.3 is 0 Å². The third-order valence-corrected chi connectivity index (χ3v) is 3.15. The number of hydrogen-bond acceptors (Lipinski definition) is 3. The molecule has 1 heterocycles. The summed E-state index contributed by atoms with van der Waals surface area (Å²) < 4.78 is 13.8. The molecule has 0 aliphatic heterocycles. The molecule has 0 atom stereocenters. The third kappa shape index (κ3) is 3.64. The number of halogens is 1. The van der Waals surface area contributed by atoms with E-state index in [1.165, 1.54) is 12.3 Å². The predicted octanol–water partition coefficient (Wildman–Crippen LogP) is 2.52. The van der Waals surface area contributed by atoms with E-state index < -0.39 is 5.82 Å². The van der Waals surface area contributed by atoms with Crippen molar-refractivity contribution in [2.24, 2.45) is 5.73 Å². The van der Waals surface area contributed by atoms with E-state index in [2.05, 4.69) is 4.98 Å². The van der Waals surface area contributed by atoms with Crippen molar-refractivity contribution in [2.45, 2.75) is 13.3 Å². The van der Waals surface area contributed by atoms with Gasteiger partial charge in [-0.25, -0.2) is 4.39 Å². The van der Waals surface area contributed by atoms with Crippen molar-refractivity contribution in [3.63, 3.8) is 0 Å². The summed E-state index contributed by atoms with van der Waals surface area (Å²) in [6.07, 6.45) is 3.10. The minimum atomic E-state index is -0.618. The first-order chi connectivity index (χ1) is 10.1. The van der Waals surface area contributed by atoms with Gasteiger partial charge in [-0.2, -0.15) is 0 Å².